The van der Waals surface area contributed by atoms with Crippen molar-refractivity contribution in [3.8, 4) is 0 Å². The Balaban J connectivity index is 1.52. The molecule has 1 heterocycles. The van der Waals surface area contributed by atoms with E-state index in [4.69, 9.17) is 11.6 Å². The molecule has 1 aliphatic heterocycles. The first-order valence-corrected chi connectivity index (χ1v) is 8.28. The SMILES string of the molecule is O=C(CNc1ccccc1Cl)NC[C@@H]1CCC[C@@]12NC(=O)NC2=O. The molecule has 24 heavy (non-hydrogen) atoms. The molecule has 1 saturated carbocycles. The van der Waals surface area contributed by atoms with E-state index in [0.717, 1.165) is 12.8 Å². The summed E-state index contributed by atoms with van der Waals surface area (Å²) in [5.74, 6) is -0.589. The van der Waals surface area contributed by atoms with E-state index in [2.05, 4.69) is 21.3 Å². The van der Waals surface area contributed by atoms with E-state index in [1.165, 1.54) is 0 Å². The molecular formula is C16H19ClN4O3. The van der Waals surface area contributed by atoms with Crippen LogP contribution in [0, 0.1) is 5.92 Å². The molecule has 3 rings (SSSR count). The lowest BCUT2D eigenvalue weighted by Gasteiger charge is -2.28. The lowest BCUT2D eigenvalue weighted by Crippen LogP contribution is -2.53. The summed E-state index contributed by atoms with van der Waals surface area (Å²) in [6.45, 7) is 0.429. The minimum absolute atomic E-state index is 0.0853. The summed E-state index contributed by atoms with van der Waals surface area (Å²) in [7, 11) is 0. The van der Waals surface area contributed by atoms with Crippen LogP contribution in [0.1, 0.15) is 19.3 Å². The van der Waals surface area contributed by atoms with Gasteiger partial charge in [-0.25, -0.2) is 4.79 Å². The van der Waals surface area contributed by atoms with Crippen LogP contribution in [0.4, 0.5) is 10.5 Å². The van der Waals surface area contributed by atoms with Crippen molar-refractivity contribution >= 4 is 35.1 Å². The molecule has 7 nitrogen and oxygen atoms in total. The van der Waals surface area contributed by atoms with Gasteiger partial charge in [-0.1, -0.05) is 30.2 Å². The molecule has 2 fully saturated rings. The number of nitrogens with one attached hydrogen (secondary N) is 4. The molecule has 1 saturated heterocycles. The molecule has 0 bridgehead atoms. The third kappa shape index (κ3) is 3.17. The quantitative estimate of drug-likeness (QED) is 0.600. The summed E-state index contributed by atoms with van der Waals surface area (Å²) in [4.78, 5) is 35.5. The van der Waals surface area contributed by atoms with Gasteiger partial charge in [-0.3, -0.25) is 14.9 Å². The number of halogens is 1. The van der Waals surface area contributed by atoms with Gasteiger partial charge in [-0.05, 0) is 25.0 Å². The molecule has 0 aromatic heterocycles. The van der Waals surface area contributed by atoms with Gasteiger partial charge in [0.25, 0.3) is 5.91 Å². The van der Waals surface area contributed by atoms with Crippen molar-refractivity contribution in [2.24, 2.45) is 5.92 Å². The number of benzene rings is 1. The Morgan fingerprint density at radius 1 is 1.33 bits per heavy atom. The molecule has 128 valence electrons. The van der Waals surface area contributed by atoms with E-state index in [-0.39, 0.29) is 24.3 Å². The average molecular weight is 351 g/mol. The summed E-state index contributed by atoms with van der Waals surface area (Å²) < 4.78 is 0. The van der Waals surface area contributed by atoms with Crippen LogP contribution in [0.25, 0.3) is 0 Å². The lowest BCUT2D eigenvalue weighted by molar-refractivity contribution is -0.126. The maximum atomic E-state index is 12.1. The molecule has 1 aromatic rings. The molecule has 4 N–H and O–H groups in total. The molecule has 2 aliphatic rings. The fourth-order valence-corrected chi connectivity index (χ4v) is 3.61. The minimum Gasteiger partial charge on any atom is -0.375 e. The first-order chi connectivity index (χ1) is 11.5. The number of carbonyl (C=O) groups is 3. The normalized spacial score (nSPS) is 25.5. The van der Waals surface area contributed by atoms with Crippen LogP contribution >= 0.6 is 11.6 Å². The highest BCUT2D eigenvalue weighted by molar-refractivity contribution is 6.33. The number of carbonyl (C=O) groups excluding carboxylic acids is 3. The molecule has 4 amide bonds. The third-order valence-corrected chi connectivity index (χ3v) is 4.98. The number of hydrogen-bond acceptors (Lipinski definition) is 4. The van der Waals surface area contributed by atoms with Gasteiger partial charge in [-0.2, -0.15) is 0 Å². The van der Waals surface area contributed by atoms with Crippen molar-refractivity contribution in [1.29, 1.82) is 0 Å². The zero-order valence-corrected chi connectivity index (χ0v) is 13.8. The second-order valence-electron chi connectivity index (χ2n) is 6.11. The van der Waals surface area contributed by atoms with Crippen molar-refractivity contribution in [3.05, 3.63) is 29.3 Å². The highest BCUT2D eigenvalue weighted by atomic mass is 35.5. The van der Waals surface area contributed by atoms with Gasteiger partial charge in [-0.15, -0.1) is 0 Å². The van der Waals surface area contributed by atoms with Crippen molar-refractivity contribution in [2.45, 2.75) is 24.8 Å². The summed E-state index contributed by atoms with van der Waals surface area (Å²) in [5, 5.41) is 11.4. The van der Waals surface area contributed by atoms with E-state index in [0.29, 0.717) is 23.7 Å². The van der Waals surface area contributed by atoms with Gasteiger partial charge < -0.3 is 16.0 Å². The minimum atomic E-state index is -0.874. The van der Waals surface area contributed by atoms with Crippen LogP contribution in [0.5, 0.6) is 0 Å². The molecular weight excluding hydrogens is 332 g/mol. The van der Waals surface area contributed by atoms with Gasteiger partial charge in [0.1, 0.15) is 5.54 Å². The maximum absolute atomic E-state index is 12.1. The van der Waals surface area contributed by atoms with Crippen molar-refractivity contribution < 1.29 is 14.4 Å². The molecule has 8 heteroatoms. The van der Waals surface area contributed by atoms with Crippen LogP contribution in [0.3, 0.4) is 0 Å². The Morgan fingerprint density at radius 3 is 2.83 bits per heavy atom. The Labute approximate surface area is 144 Å². The zero-order chi connectivity index (χ0) is 17.2. The number of hydrogen-bond donors (Lipinski definition) is 4. The van der Waals surface area contributed by atoms with Crippen LogP contribution in [0.2, 0.25) is 5.02 Å². The number of urea groups is 1. The van der Waals surface area contributed by atoms with Crippen LogP contribution < -0.4 is 21.3 Å². The monoisotopic (exact) mass is 350 g/mol. The van der Waals surface area contributed by atoms with Gasteiger partial charge in [0.2, 0.25) is 5.91 Å². The summed E-state index contributed by atoms with van der Waals surface area (Å²) in [6.07, 6.45) is 2.22. The van der Waals surface area contributed by atoms with Gasteiger partial charge in [0.05, 0.1) is 17.3 Å². The van der Waals surface area contributed by atoms with E-state index >= 15 is 0 Å². The summed E-state index contributed by atoms with van der Waals surface area (Å²) in [6, 6.07) is 6.72. The maximum Gasteiger partial charge on any atom is 0.322 e. The van der Waals surface area contributed by atoms with Crippen molar-refractivity contribution in [3.63, 3.8) is 0 Å². The predicted molar refractivity (Wildman–Crippen MR) is 89.7 cm³/mol. The van der Waals surface area contributed by atoms with Gasteiger partial charge in [0, 0.05) is 12.5 Å². The third-order valence-electron chi connectivity index (χ3n) is 4.65. The molecule has 2 atom stereocenters. The second kappa shape index (κ2) is 6.68. The smallest absolute Gasteiger partial charge is 0.322 e. The summed E-state index contributed by atoms with van der Waals surface area (Å²) >= 11 is 6.02. The highest BCUT2D eigenvalue weighted by Gasteiger charge is 2.54. The number of rotatable bonds is 5. The zero-order valence-electron chi connectivity index (χ0n) is 13.0. The fraction of sp³-hybridized carbons (Fsp3) is 0.438. The first-order valence-electron chi connectivity index (χ1n) is 7.90. The van der Waals surface area contributed by atoms with Crippen LogP contribution in [-0.4, -0.2) is 36.5 Å². The molecule has 0 unspecified atom stereocenters. The Hall–Kier alpha value is -2.28. The number of imide groups is 1. The molecule has 0 radical (unpaired) electrons. The van der Waals surface area contributed by atoms with E-state index in [1.807, 2.05) is 12.1 Å². The van der Waals surface area contributed by atoms with Crippen molar-refractivity contribution in [2.75, 3.05) is 18.4 Å². The second-order valence-corrected chi connectivity index (χ2v) is 6.51. The molecule has 1 spiro atoms. The van der Waals surface area contributed by atoms with Crippen molar-refractivity contribution in [1.82, 2.24) is 16.0 Å². The first kappa shape index (κ1) is 16.6. The van der Waals surface area contributed by atoms with Crippen LogP contribution in [-0.2, 0) is 9.59 Å². The number of para-hydroxylation sites is 1. The molecule has 1 aromatic carbocycles. The van der Waals surface area contributed by atoms with E-state index < -0.39 is 11.6 Å². The Bertz CT molecular complexity index is 681. The van der Waals surface area contributed by atoms with Crippen LogP contribution in [0.15, 0.2) is 24.3 Å². The standard InChI is InChI=1S/C16H19ClN4O3/c17-11-5-1-2-6-12(11)18-9-13(22)19-8-10-4-3-7-16(10)14(23)20-15(24)21-16/h1-2,5-6,10,18H,3-4,7-9H2,(H,19,22)(H2,20,21,23,24)/t10-,16+/m0/s1. The Morgan fingerprint density at radius 2 is 2.12 bits per heavy atom. The fourth-order valence-electron chi connectivity index (χ4n) is 3.40. The van der Waals surface area contributed by atoms with E-state index in [9.17, 15) is 14.4 Å². The lowest BCUT2D eigenvalue weighted by atomic mass is 9.87. The predicted octanol–water partition coefficient (Wildman–Crippen LogP) is 1.25. The topological polar surface area (TPSA) is 99.3 Å². The Kier molecular flexibility index (Phi) is 4.62. The highest BCUT2D eigenvalue weighted by Crippen LogP contribution is 2.37. The van der Waals surface area contributed by atoms with E-state index in [1.54, 1.807) is 12.1 Å². The molecule has 1 aliphatic carbocycles. The van der Waals surface area contributed by atoms with Gasteiger partial charge in [0.15, 0.2) is 0 Å². The number of amides is 4. The number of anilines is 1. The van der Waals surface area contributed by atoms with Gasteiger partial charge >= 0.3 is 6.03 Å². The summed E-state index contributed by atoms with van der Waals surface area (Å²) in [5.41, 5.74) is -0.186. The largest absolute Gasteiger partial charge is 0.375 e. The average Bonchev–Trinajstić information content (AvgIpc) is 3.08.